The topological polar surface area (TPSA) is 122 Å². The molecule has 3 atom stereocenters. The summed E-state index contributed by atoms with van der Waals surface area (Å²) in [4.78, 5) is 38.9. The molecule has 1 aliphatic heterocycles. The summed E-state index contributed by atoms with van der Waals surface area (Å²) < 4.78 is 11.1. The summed E-state index contributed by atoms with van der Waals surface area (Å²) in [6, 6.07) is 28.6. The molecule has 1 amide bonds. The lowest BCUT2D eigenvalue weighted by Gasteiger charge is -2.30. The van der Waals surface area contributed by atoms with Crippen molar-refractivity contribution in [1.29, 1.82) is 0 Å². The van der Waals surface area contributed by atoms with Crippen molar-refractivity contribution < 1.29 is 23.9 Å². The molecule has 1 fully saturated rings. The lowest BCUT2D eigenvalue weighted by Crippen LogP contribution is -2.46. The first-order chi connectivity index (χ1) is 22.5. The Morgan fingerprint density at radius 2 is 1.57 bits per heavy atom. The molecular weight excluding hydrogens is 580 g/mol. The third-order valence-electron chi connectivity index (χ3n) is 8.56. The highest BCUT2D eigenvalue weighted by atomic mass is 16.5. The van der Waals surface area contributed by atoms with Gasteiger partial charge in [0.25, 0.3) is 0 Å². The fraction of sp³-hybridized carbons (Fsp3) is 0.351. The quantitative estimate of drug-likeness (QED) is 0.171. The Labute approximate surface area is 270 Å². The number of aromatic nitrogens is 2. The van der Waals surface area contributed by atoms with E-state index in [0.717, 1.165) is 47.2 Å². The van der Waals surface area contributed by atoms with Crippen LogP contribution in [0.25, 0.3) is 0 Å². The van der Waals surface area contributed by atoms with Crippen LogP contribution in [0.3, 0.4) is 0 Å². The van der Waals surface area contributed by atoms with Crippen LogP contribution >= 0.6 is 0 Å². The number of aryl methyl sites for hydroxylation is 1. The van der Waals surface area contributed by atoms with Gasteiger partial charge in [0.15, 0.2) is 5.78 Å². The zero-order valence-electron chi connectivity index (χ0n) is 26.2. The van der Waals surface area contributed by atoms with Crippen molar-refractivity contribution in [2.45, 2.75) is 62.6 Å². The van der Waals surface area contributed by atoms with Gasteiger partial charge in [0, 0.05) is 49.7 Å². The van der Waals surface area contributed by atoms with E-state index >= 15 is 0 Å². The first-order valence-corrected chi connectivity index (χ1v) is 15.9. The van der Waals surface area contributed by atoms with Crippen LogP contribution in [0.4, 0.5) is 4.79 Å². The number of amides is 1. The van der Waals surface area contributed by atoms with Crippen LogP contribution in [0.5, 0.6) is 0 Å². The number of benzene rings is 3. The number of H-pyrrole nitrogens is 1. The zero-order chi connectivity index (χ0) is 32.1. The molecule has 1 saturated heterocycles. The van der Waals surface area contributed by atoms with E-state index in [1.54, 1.807) is 6.20 Å². The summed E-state index contributed by atoms with van der Waals surface area (Å²) in [6.45, 7) is 1.27. The maximum Gasteiger partial charge on any atom is 0.407 e. The Morgan fingerprint density at radius 1 is 0.891 bits per heavy atom. The van der Waals surface area contributed by atoms with Crippen molar-refractivity contribution in [2.75, 3.05) is 20.3 Å². The third kappa shape index (κ3) is 9.22. The predicted octanol–water partition coefficient (Wildman–Crippen LogP) is 4.96. The molecule has 0 radical (unpaired) electrons. The number of methoxy groups -OCH3 is 1. The minimum absolute atomic E-state index is 0.0370. The fourth-order valence-corrected chi connectivity index (χ4v) is 6.08. The second-order valence-corrected chi connectivity index (χ2v) is 11.8. The van der Waals surface area contributed by atoms with Crippen LogP contribution in [-0.2, 0) is 38.3 Å². The summed E-state index contributed by atoms with van der Waals surface area (Å²) in [7, 11) is 1.30. The van der Waals surface area contributed by atoms with Gasteiger partial charge >= 0.3 is 6.09 Å². The van der Waals surface area contributed by atoms with E-state index in [4.69, 9.17) is 9.47 Å². The molecular formula is C37H42N4O5. The molecule has 0 spiro atoms. The lowest BCUT2D eigenvalue weighted by molar-refractivity contribution is -0.121. The number of hydrogen-bond acceptors (Lipinski definition) is 7. The monoisotopic (exact) mass is 622 g/mol. The number of ether oxygens (including phenoxy) is 2. The number of nitrogens with zero attached hydrogens (tertiary/aromatic N) is 1. The Bertz CT molecular complexity index is 1500. The molecule has 4 aromatic rings. The first-order valence-electron chi connectivity index (χ1n) is 15.9. The van der Waals surface area contributed by atoms with Crippen molar-refractivity contribution in [1.82, 2.24) is 20.8 Å². The van der Waals surface area contributed by atoms with Gasteiger partial charge in [0.05, 0.1) is 19.8 Å². The van der Waals surface area contributed by atoms with Crippen molar-refractivity contribution in [3.63, 3.8) is 0 Å². The van der Waals surface area contributed by atoms with E-state index in [-0.39, 0.29) is 30.1 Å². The summed E-state index contributed by atoms with van der Waals surface area (Å²) in [5, 5.41) is 13.1. The molecule has 1 aliphatic rings. The highest BCUT2D eigenvalue weighted by Gasteiger charge is 2.33. The smallest absolute Gasteiger partial charge is 0.407 e. The van der Waals surface area contributed by atoms with Gasteiger partial charge in [-0.25, -0.2) is 4.79 Å². The third-order valence-corrected chi connectivity index (χ3v) is 8.56. The molecule has 240 valence electrons. The van der Waals surface area contributed by atoms with Gasteiger partial charge in [-0.2, -0.15) is 5.10 Å². The first kappa shape index (κ1) is 32.8. The molecule has 9 heteroatoms. The summed E-state index contributed by atoms with van der Waals surface area (Å²) in [5.74, 6) is -0.310. The molecule has 3 N–H and O–H groups in total. The Hall–Kier alpha value is -4.60. The number of morpholine rings is 1. The Morgan fingerprint density at radius 3 is 2.17 bits per heavy atom. The van der Waals surface area contributed by atoms with Crippen LogP contribution in [0.1, 0.15) is 53.1 Å². The summed E-state index contributed by atoms with van der Waals surface area (Å²) in [5.41, 5.74) is 4.71. The molecule has 1 aromatic heterocycles. The molecule has 0 saturated carbocycles. The number of carbonyl (C=O) groups is 3. The molecule has 3 aromatic carbocycles. The summed E-state index contributed by atoms with van der Waals surface area (Å²) >= 11 is 0. The molecule has 2 heterocycles. The average Bonchev–Trinajstić information content (AvgIpc) is 3.61. The van der Waals surface area contributed by atoms with Gasteiger partial charge in [-0.1, -0.05) is 84.9 Å². The second-order valence-electron chi connectivity index (χ2n) is 11.8. The number of hydrogen-bond donors (Lipinski definition) is 3. The number of Topliss-reactive ketones (excluding diaryl/α,β-unsaturated/α-hetero) is 2. The van der Waals surface area contributed by atoms with E-state index in [1.165, 1.54) is 7.11 Å². The van der Waals surface area contributed by atoms with Gasteiger partial charge in [0.1, 0.15) is 11.8 Å². The largest absolute Gasteiger partial charge is 0.453 e. The second kappa shape index (κ2) is 16.6. The number of ketones is 2. The van der Waals surface area contributed by atoms with Crippen LogP contribution in [0.15, 0.2) is 97.2 Å². The minimum atomic E-state index is -0.834. The van der Waals surface area contributed by atoms with E-state index in [1.807, 2.05) is 84.9 Å². The molecule has 5 rings (SSSR count). The standard InChI is InChI=1S/C37H42N4O5/c1-45-37(44)40-36(35(27-11-4-2-5-12-27)28-13-6-3-7-14-28)34(43)22-29-15-9-8-10-26(29)16-19-33-24-38-31(25-46-33)17-18-32(42)23-30-20-21-39-41-30/h2-15,20-21,31,33,35-36,38H,16-19,22-25H2,1H3,(H,39,41)(H,40,44)/t31-,33-,36-/m1/s1. The van der Waals surface area contributed by atoms with E-state index < -0.39 is 18.1 Å². The Balaban J connectivity index is 1.20. The number of nitrogens with one attached hydrogen (secondary N) is 3. The number of carbonyl (C=O) groups excluding carboxylic acids is 3. The van der Waals surface area contributed by atoms with Crippen LogP contribution in [0.2, 0.25) is 0 Å². The predicted molar refractivity (Wildman–Crippen MR) is 176 cm³/mol. The maximum absolute atomic E-state index is 14.1. The van der Waals surface area contributed by atoms with E-state index in [2.05, 4.69) is 26.9 Å². The van der Waals surface area contributed by atoms with Gasteiger partial charge < -0.3 is 20.1 Å². The van der Waals surface area contributed by atoms with Crippen molar-refractivity contribution in [2.24, 2.45) is 0 Å². The van der Waals surface area contributed by atoms with Crippen LogP contribution in [-0.4, -0.2) is 66.3 Å². The normalized spacial score (nSPS) is 16.9. The van der Waals surface area contributed by atoms with Gasteiger partial charge in [-0.15, -0.1) is 0 Å². The van der Waals surface area contributed by atoms with Crippen molar-refractivity contribution >= 4 is 17.7 Å². The fourth-order valence-electron chi connectivity index (χ4n) is 6.08. The highest BCUT2D eigenvalue weighted by Crippen LogP contribution is 2.30. The molecule has 0 bridgehead atoms. The highest BCUT2D eigenvalue weighted by molar-refractivity contribution is 5.91. The number of rotatable bonds is 15. The van der Waals surface area contributed by atoms with Crippen molar-refractivity contribution in [3.05, 3.63) is 125 Å². The molecule has 9 nitrogen and oxygen atoms in total. The van der Waals surface area contributed by atoms with Gasteiger partial charge in [-0.3, -0.25) is 14.7 Å². The van der Waals surface area contributed by atoms with Gasteiger partial charge in [-0.05, 0) is 47.6 Å². The molecule has 0 unspecified atom stereocenters. The summed E-state index contributed by atoms with van der Waals surface area (Å²) in [6.07, 6.45) is 4.36. The Kier molecular flexibility index (Phi) is 11.9. The van der Waals surface area contributed by atoms with E-state index in [0.29, 0.717) is 26.0 Å². The number of alkyl carbamates (subject to hydrolysis) is 1. The molecule has 46 heavy (non-hydrogen) atoms. The minimum Gasteiger partial charge on any atom is -0.453 e. The maximum atomic E-state index is 14.1. The zero-order valence-corrected chi connectivity index (χ0v) is 26.2. The average molecular weight is 623 g/mol. The number of aromatic amines is 1. The SMILES string of the molecule is COC(=O)N[C@H](C(=O)Cc1ccccc1CC[C@@H]1CN[C@H](CCC(=O)Cc2ccn[nH]2)CO1)C(c1ccccc1)c1ccccc1. The van der Waals surface area contributed by atoms with E-state index in [9.17, 15) is 14.4 Å². The van der Waals surface area contributed by atoms with Gasteiger partial charge in [0.2, 0.25) is 0 Å². The van der Waals surface area contributed by atoms with Crippen LogP contribution < -0.4 is 10.6 Å². The lowest BCUT2D eigenvalue weighted by atomic mass is 9.81. The van der Waals surface area contributed by atoms with Crippen LogP contribution in [0, 0.1) is 0 Å². The van der Waals surface area contributed by atoms with Crippen molar-refractivity contribution in [3.8, 4) is 0 Å². The molecule has 0 aliphatic carbocycles.